The van der Waals surface area contributed by atoms with Crippen molar-refractivity contribution in [2.75, 3.05) is 0 Å². The van der Waals surface area contributed by atoms with Gasteiger partial charge >= 0.3 is 5.63 Å². The van der Waals surface area contributed by atoms with Crippen LogP contribution in [0.25, 0.3) is 11.0 Å². The number of hydrogen-bond acceptors (Lipinski definition) is 3. The van der Waals surface area contributed by atoms with E-state index < -0.39 is 0 Å². The van der Waals surface area contributed by atoms with Crippen LogP contribution in [0.15, 0.2) is 51.7 Å². The van der Waals surface area contributed by atoms with Gasteiger partial charge < -0.3 is 9.15 Å². The van der Waals surface area contributed by atoms with Crippen molar-refractivity contribution in [3.63, 3.8) is 0 Å². The van der Waals surface area contributed by atoms with Gasteiger partial charge in [0.1, 0.15) is 23.8 Å². The first-order chi connectivity index (χ1) is 12.1. The summed E-state index contributed by atoms with van der Waals surface area (Å²) >= 11 is 0. The maximum atomic E-state index is 13.3. The largest absolute Gasteiger partial charge is 0.488 e. The molecule has 0 atom stereocenters. The van der Waals surface area contributed by atoms with Crippen LogP contribution >= 0.6 is 0 Å². The van der Waals surface area contributed by atoms with Gasteiger partial charge in [-0.15, -0.1) is 0 Å². The molecule has 130 valence electrons. The van der Waals surface area contributed by atoms with E-state index in [9.17, 15) is 9.18 Å². The first-order valence-electron chi connectivity index (χ1n) is 8.52. The number of aryl methyl sites for hydroxylation is 2. The first kappa shape index (κ1) is 17.2. The van der Waals surface area contributed by atoms with Crippen molar-refractivity contribution in [2.45, 2.75) is 39.7 Å². The summed E-state index contributed by atoms with van der Waals surface area (Å²) in [5.74, 6) is 0.343. The van der Waals surface area contributed by atoms with E-state index in [2.05, 4.69) is 6.92 Å². The van der Waals surface area contributed by atoms with Crippen LogP contribution in [0, 0.1) is 12.7 Å². The molecule has 0 aliphatic heterocycles. The molecule has 0 N–H and O–H groups in total. The van der Waals surface area contributed by atoms with Crippen LogP contribution in [0.2, 0.25) is 0 Å². The van der Waals surface area contributed by atoms with E-state index in [1.165, 1.54) is 12.1 Å². The van der Waals surface area contributed by atoms with Crippen LogP contribution in [-0.4, -0.2) is 0 Å². The topological polar surface area (TPSA) is 39.4 Å². The van der Waals surface area contributed by atoms with E-state index >= 15 is 0 Å². The van der Waals surface area contributed by atoms with Gasteiger partial charge in [0.25, 0.3) is 0 Å². The van der Waals surface area contributed by atoms with E-state index in [-0.39, 0.29) is 18.0 Å². The summed E-state index contributed by atoms with van der Waals surface area (Å²) in [6.45, 7) is 4.25. The summed E-state index contributed by atoms with van der Waals surface area (Å²) in [4.78, 5) is 11.9. The highest BCUT2D eigenvalue weighted by molar-refractivity contribution is 5.84. The summed E-state index contributed by atoms with van der Waals surface area (Å²) in [5.41, 5.74) is 2.76. The lowest BCUT2D eigenvalue weighted by Crippen LogP contribution is -2.03. The molecule has 0 aliphatic carbocycles. The van der Waals surface area contributed by atoms with Gasteiger partial charge in [0.2, 0.25) is 0 Å². The molecule has 0 saturated carbocycles. The molecule has 0 saturated heterocycles. The van der Waals surface area contributed by atoms with Crippen LogP contribution in [0.3, 0.4) is 0 Å². The Kier molecular flexibility index (Phi) is 5.17. The van der Waals surface area contributed by atoms with Gasteiger partial charge in [0.15, 0.2) is 0 Å². The highest BCUT2D eigenvalue weighted by atomic mass is 19.1. The van der Waals surface area contributed by atoms with Crippen LogP contribution in [0.4, 0.5) is 4.39 Å². The fraction of sp³-hybridized carbons (Fsp3) is 0.286. The number of unbranched alkanes of at least 4 members (excludes halogenated alkanes) is 1. The van der Waals surface area contributed by atoms with E-state index in [1.54, 1.807) is 12.1 Å². The summed E-state index contributed by atoms with van der Waals surface area (Å²) in [7, 11) is 0. The fourth-order valence-electron chi connectivity index (χ4n) is 2.93. The maximum absolute atomic E-state index is 13.3. The number of rotatable bonds is 6. The van der Waals surface area contributed by atoms with Gasteiger partial charge in [-0.25, -0.2) is 9.18 Å². The summed E-state index contributed by atoms with van der Waals surface area (Å²) in [6, 6.07) is 11.7. The smallest absolute Gasteiger partial charge is 0.336 e. The van der Waals surface area contributed by atoms with E-state index in [0.29, 0.717) is 11.3 Å². The molecular formula is C21H21FO3. The minimum atomic E-state index is -0.344. The van der Waals surface area contributed by atoms with Crippen LogP contribution in [0.5, 0.6) is 5.75 Å². The van der Waals surface area contributed by atoms with Gasteiger partial charge in [0, 0.05) is 17.0 Å². The van der Waals surface area contributed by atoms with Crippen molar-refractivity contribution in [1.29, 1.82) is 0 Å². The molecule has 1 aromatic heterocycles. The van der Waals surface area contributed by atoms with Crippen LogP contribution in [-0.2, 0) is 13.0 Å². The number of halogens is 1. The zero-order valence-corrected chi connectivity index (χ0v) is 14.5. The molecule has 3 aromatic rings. The van der Waals surface area contributed by atoms with Crippen molar-refractivity contribution < 1.29 is 13.5 Å². The lowest BCUT2D eigenvalue weighted by Gasteiger charge is -2.12. The van der Waals surface area contributed by atoms with Crippen molar-refractivity contribution in [2.24, 2.45) is 0 Å². The Balaban J connectivity index is 1.92. The Morgan fingerprint density at radius 2 is 2.00 bits per heavy atom. The number of benzene rings is 2. The number of hydrogen-bond donors (Lipinski definition) is 0. The summed E-state index contributed by atoms with van der Waals surface area (Å²) in [6.07, 6.45) is 2.94. The van der Waals surface area contributed by atoms with Crippen LogP contribution < -0.4 is 10.4 Å². The van der Waals surface area contributed by atoms with E-state index in [0.717, 1.165) is 41.3 Å². The Morgan fingerprint density at radius 1 is 1.16 bits per heavy atom. The second-order valence-electron chi connectivity index (χ2n) is 6.18. The van der Waals surface area contributed by atoms with Gasteiger partial charge in [0.05, 0.1) is 0 Å². The maximum Gasteiger partial charge on any atom is 0.336 e. The molecule has 1 heterocycles. The highest BCUT2D eigenvalue weighted by Gasteiger charge is 2.12. The molecule has 0 amide bonds. The van der Waals surface area contributed by atoms with Gasteiger partial charge in [-0.05, 0) is 55.2 Å². The molecule has 0 unspecified atom stereocenters. The zero-order chi connectivity index (χ0) is 17.8. The lowest BCUT2D eigenvalue weighted by molar-refractivity contribution is 0.303. The average molecular weight is 340 g/mol. The molecule has 0 spiro atoms. The third-order valence-corrected chi connectivity index (χ3v) is 4.28. The van der Waals surface area contributed by atoms with Crippen molar-refractivity contribution in [3.8, 4) is 5.75 Å². The monoisotopic (exact) mass is 340 g/mol. The Hall–Kier alpha value is -2.62. The summed E-state index contributed by atoms with van der Waals surface area (Å²) in [5, 5.41) is 0.948. The molecule has 4 heteroatoms. The average Bonchev–Trinajstić information content (AvgIpc) is 2.59. The summed E-state index contributed by atoms with van der Waals surface area (Å²) < 4.78 is 24.5. The standard InChI is InChI=1S/C21H21FO3/c1-3-4-7-16-12-20(23)25-21-14(2)19(10-9-18(16)21)24-13-15-6-5-8-17(22)11-15/h5-6,8-12H,3-4,7,13H2,1-2H3. The zero-order valence-electron chi connectivity index (χ0n) is 14.5. The minimum absolute atomic E-state index is 0.254. The Morgan fingerprint density at radius 3 is 2.76 bits per heavy atom. The number of fused-ring (bicyclic) bond motifs is 1. The molecule has 0 bridgehead atoms. The molecule has 0 radical (unpaired) electrons. The minimum Gasteiger partial charge on any atom is -0.488 e. The number of ether oxygens (including phenoxy) is 1. The highest BCUT2D eigenvalue weighted by Crippen LogP contribution is 2.29. The molecule has 0 aliphatic rings. The predicted octanol–water partition coefficient (Wildman–Crippen LogP) is 5.16. The SMILES string of the molecule is CCCCc1cc(=O)oc2c(C)c(OCc3cccc(F)c3)ccc12. The Labute approximate surface area is 146 Å². The van der Waals surface area contributed by atoms with Gasteiger partial charge in [-0.1, -0.05) is 25.5 Å². The third kappa shape index (κ3) is 3.90. The van der Waals surface area contributed by atoms with Gasteiger partial charge in [-0.3, -0.25) is 0 Å². The molecular weight excluding hydrogens is 319 g/mol. The molecule has 25 heavy (non-hydrogen) atoms. The second kappa shape index (κ2) is 7.51. The molecule has 2 aromatic carbocycles. The van der Waals surface area contributed by atoms with Crippen LogP contribution in [0.1, 0.15) is 36.5 Å². The van der Waals surface area contributed by atoms with Crippen molar-refractivity contribution in [1.82, 2.24) is 0 Å². The molecule has 0 fully saturated rings. The van der Waals surface area contributed by atoms with E-state index in [1.807, 2.05) is 25.1 Å². The third-order valence-electron chi connectivity index (χ3n) is 4.28. The van der Waals surface area contributed by atoms with Gasteiger partial charge in [-0.2, -0.15) is 0 Å². The fourth-order valence-corrected chi connectivity index (χ4v) is 2.93. The quantitative estimate of drug-likeness (QED) is 0.582. The molecule has 3 rings (SSSR count). The second-order valence-corrected chi connectivity index (χ2v) is 6.18. The van der Waals surface area contributed by atoms with Crippen molar-refractivity contribution in [3.05, 3.63) is 75.4 Å². The lowest BCUT2D eigenvalue weighted by atomic mass is 10.0. The first-order valence-corrected chi connectivity index (χ1v) is 8.52. The molecule has 3 nitrogen and oxygen atoms in total. The normalized spacial score (nSPS) is 11.0. The Bertz CT molecular complexity index is 944. The van der Waals surface area contributed by atoms with E-state index in [4.69, 9.17) is 9.15 Å². The predicted molar refractivity (Wildman–Crippen MR) is 96.6 cm³/mol. The van der Waals surface area contributed by atoms with Crippen molar-refractivity contribution >= 4 is 11.0 Å².